The monoisotopic (exact) mass is 284 g/mol. The summed E-state index contributed by atoms with van der Waals surface area (Å²) in [6.07, 6.45) is 2.11. The SMILES string of the molecule is COc1cc(OC)nc(SCC2(CC(=O)O)CC2)n1. The van der Waals surface area contributed by atoms with Gasteiger partial charge in [-0.2, -0.15) is 9.97 Å². The number of aliphatic carboxylic acids is 1. The summed E-state index contributed by atoms with van der Waals surface area (Å²) in [5.41, 5.74) is -0.0871. The summed E-state index contributed by atoms with van der Waals surface area (Å²) < 4.78 is 10.1. The van der Waals surface area contributed by atoms with Crippen molar-refractivity contribution in [3.05, 3.63) is 6.07 Å². The maximum atomic E-state index is 10.8. The topological polar surface area (TPSA) is 81.5 Å². The molecule has 1 fully saturated rings. The zero-order chi connectivity index (χ0) is 13.9. The van der Waals surface area contributed by atoms with Crippen molar-refractivity contribution < 1.29 is 19.4 Å². The van der Waals surface area contributed by atoms with Gasteiger partial charge in [0, 0.05) is 5.75 Å². The summed E-state index contributed by atoms with van der Waals surface area (Å²) in [5, 5.41) is 9.42. The van der Waals surface area contributed by atoms with E-state index in [9.17, 15) is 4.79 Å². The molecule has 1 aliphatic rings. The van der Waals surface area contributed by atoms with Crippen LogP contribution >= 0.6 is 11.8 Å². The Balaban J connectivity index is 2.01. The van der Waals surface area contributed by atoms with Crippen LogP contribution in [0.15, 0.2) is 11.2 Å². The third-order valence-corrected chi connectivity index (χ3v) is 4.27. The number of rotatable bonds is 7. The fourth-order valence-electron chi connectivity index (χ4n) is 1.74. The molecule has 6 nitrogen and oxygen atoms in total. The van der Waals surface area contributed by atoms with Crippen molar-refractivity contribution in [2.75, 3.05) is 20.0 Å². The maximum absolute atomic E-state index is 10.8. The molecule has 0 aromatic carbocycles. The van der Waals surface area contributed by atoms with Crippen LogP contribution in [0, 0.1) is 5.41 Å². The molecule has 104 valence electrons. The van der Waals surface area contributed by atoms with Gasteiger partial charge in [0.05, 0.1) is 26.7 Å². The lowest BCUT2D eigenvalue weighted by molar-refractivity contribution is -0.138. The van der Waals surface area contributed by atoms with E-state index in [4.69, 9.17) is 14.6 Å². The van der Waals surface area contributed by atoms with Gasteiger partial charge < -0.3 is 14.6 Å². The first-order valence-electron chi connectivity index (χ1n) is 5.88. The minimum atomic E-state index is -0.748. The molecule has 0 radical (unpaired) electrons. The van der Waals surface area contributed by atoms with Gasteiger partial charge in [0.25, 0.3) is 0 Å². The first-order chi connectivity index (χ1) is 9.07. The number of ether oxygens (including phenoxy) is 2. The first-order valence-corrected chi connectivity index (χ1v) is 6.87. The Bertz CT molecular complexity index is 455. The smallest absolute Gasteiger partial charge is 0.303 e. The normalized spacial score (nSPS) is 15.9. The molecule has 1 N–H and O–H groups in total. The molecule has 2 rings (SSSR count). The van der Waals surface area contributed by atoms with Crippen molar-refractivity contribution in [1.82, 2.24) is 9.97 Å². The number of hydrogen-bond donors (Lipinski definition) is 1. The van der Waals surface area contributed by atoms with E-state index < -0.39 is 5.97 Å². The van der Waals surface area contributed by atoms with E-state index in [2.05, 4.69) is 9.97 Å². The predicted octanol–water partition coefficient (Wildman–Crippen LogP) is 1.84. The molecule has 1 aliphatic carbocycles. The molecule has 1 heterocycles. The highest BCUT2D eigenvalue weighted by atomic mass is 32.2. The molecular formula is C12H16N2O4S. The van der Waals surface area contributed by atoms with Crippen LogP contribution in [0.4, 0.5) is 0 Å². The van der Waals surface area contributed by atoms with Gasteiger partial charge in [-0.25, -0.2) is 0 Å². The lowest BCUT2D eigenvalue weighted by Crippen LogP contribution is -2.11. The van der Waals surface area contributed by atoms with Gasteiger partial charge in [0.2, 0.25) is 11.8 Å². The second-order valence-electron chi connectivity index (χ2n) is 4.59. The molecule has 0 atom stereocenters. The Morgan fingerprint density at radius 3 is 2.37 bits per heavy atom. The molecule has 0 amide bonds. The Labute approximate surface area is 115 Å². The molecule has 0 unspecified atom stereocenters. The first kappa shape index (κ1) is 13.9. The fraction of sp³-hybridized carbons (Fsp3) is 0.583. The number of nitrogens with zero attached hydrogens (tertiary/aromatic N) is 2. The van der Waals surface area contributed by atoms with Crippen LogP contribution in [0.3, 0.4) is 0 Å². The number of carboxylic acid groups (broad SMARTS) is 1. The molecule has 0 spiro atoms. The van der Waals surface area contributed by atoms with Crippen molar-refractivity contribution in [3.63, 3.8) is 0 Å². The highest BCUT2D eigenvalue weighted by molar-refractivity contribution is 7.99. The average molecular weight is 284 g/mol. The third-order valence-electron chi connectivity index (χ3n) is 3.07. The summed E-state index contributed by atoms with van der Waals surface area (Å²) in [5.74, 6) is 0.840. The van der Waals surface area contributed by atoms with E-state index >= 15 is 0 Å². The van der Waals surface area contributed by atoms with Crippen LogP contribution in [-0.4, -0.2) is 41.0 Å². The van der Waals surface area contributed by atoms with Crippen LogP contribution in [0.5, 0.6) is 11.8 Å². The number of methoxy groups -OCH3 is 2. The lowest BCUT2D eigenvalue weighted by Gasteiger charge is -2.11. The number of carbonyl (C=O) groups is 1. The Morgan fingerprint density at radius 1 is 1.37 bits per heavy atom. The third kappa shape index (κ3) is 3.73. The molecule has 0 bridgehead atoms. The van der Waals surface area contributed by atoms with E-state index in [1.807, 2.05) is 0 Å². The minimum Gasteiger partial charge on any atom is -0.481 e. The summed E-state index contributed by atoms with van der Waals surface area (Å²) in [6, 6.07) is 1.61. The van der Waals surface area contributed by atoms with E-state index in [1.54, 1.807) is 6.07 Å². The molecule has 19 heavy (non-hydrogen) atoms. The molecule has 7 heteroatoms. The molecule has 0 saturated heterocycles. The standard InChI is InChI=1S/C12H16N2O4S/c1-17-8-5-9(18-2)14-11(13-8)19-7-12(3-4-12)6-10(15)16/h5H,3-4,6-7H2,1-2H3,(H,15,16). The number of aromatic nitrogens is 2. The molecule has 0 aliphatic heterocycles. The van der Waals surface area contributed by atoms with Crippen LogP contribution in [0.25, 0.3) is 0 Å². The van der Waals surface area contributed by atoms with Crippen LogP contribution < -0.4 is 9.47 Å². The van der Waals surface area contributed by atoms with Gasteiger partial charge in [-0.05, 0) is 18.3 Å². The Kier molecular flexibility index (Phi) is 4.14. The fourth-order valence-corrected chi connectivity index (χ4v) is 2.88. The van der Waals surface area contributed by atoms with E-state index in [0.717, 1.165) is 12.8 Å². The number of hydrogen-bond acceptors (Lipinski definition) is 6. The van der Waals surface area contributed by atoms with E-state index in [0.29, 0.717) is 22.7 Å². The van der Waals surface area contributed by atoms with Crippen molar-refractivity contribution in [3.8, 4) is 11.8 Å². The van der Waals surface area contributed by atoms with Gasteiger partial charge in [-0.3, -0.25) is 4.79 Å². The molecule has 1 aromatic heterocycles. The Morgan fingerprint density at radius 2 is 1.95 bits per heavy atom. The van der Waals surface area contributed by atoms with E-state index in [1.165, 1.54) is 26.0 Å². The van der Waals surface area contributed by atoms with Crippen LogP contribution in [0.1, 0.15) is 19.3 Å². The minimum absolute atomic E-state index is 0.0871. The molecule has 1 aromatic rings. The second kappa shape index (κ2) is 5.64. The van der Waals surface area contributed by atoms with Crippen molar-refractivity contribution in [1.29, 1.82) is 0 Å². The van der Waals surface area contributed by atoms with Crippen molar-refractivity contribution in [2.24, 2.45) is 5.41 Å². The van der Waals surface area contributed by atoms with Crippen LogP contribution in [-0.2, 0) is 4.79 Å². The van der Waals surface area contributed by atoms with Crippen molar-refractivity contribution in [2.45, 2.75) is 24.4 Å². The lowest BCUT2D eigenvalue weighted by atomic mass is 10.1. The maximum Gasteiger partial charge on any atom is 0.303 e. The van der Waals surface area contributed by atoms with Gasteiger partial charge in [-0.1, -0.05) is 11.8 Å². The Hall–Kier alpha value is -1.50. The summed E-state index contributed by atoms with van der Waals surface area (Å²) in [6.45, 7) is 0. The van der Waals surface area contributed by atoms with E-state index in [-0.39, 0.29) is 11.8 Å². The second-order valence-corrected chi connectivity index (χ2v) is 5.54. The average Bonchev–Trinajstić information content (AvgIpc) is 3.15. The van der Waals surface area contributed by atoms with Gasteiger partial charge in [0.15, 0.2) is 5.16 Å². The van der Waals surface area contributed by atoms with Gasteiger partial charge >= 0.3 is 5.97 Å². The summed E-state index contributed by atoms with van der Waals surface area (Å²) >= 11 is 1.45. The zero-order valence-electron chi connectivity index (χ0n) is 10.9. The van der Waals surface area contributed by atoms with Gasteiger partial charge in [0.1, 0.15) is 0 Å². The van der Waals surface area contributed by atoms with Gasteiger partial charge in [-0.15, -0.1) is 0 Å². The zero-order valence-corrected chi connectivity index (χ0v) is 11.7. The number of thioether (sulfide) groups is 1. The highest BCUT2D eigenvalue weighted by Gasteiger charge is 2.44. The largest absolute Gasteiger partial charge is 0.481 e. The number of carboxylic acids is 1. The quantitative estimate of drug-likeness (QED) is 0.604. The molecule has 1 saturated carbocycles. The molecular weight excluding hydrogens is 268 g/mol. The highest BCUT2D eigenvalue weighted by Crippen LogP contribution is 2.51. The van der Waals surface area contributed by atoms with Crippen molar-refractivity contribution >= 4 is 17.7 Å². The summed E-state index contributed by atoms with van der Waals surface area (Å²) in [4.78, 5) is 19.2. The van der Waals surface area contributed by atoms with Crippen LogP contribution in [0.2, 0.25) is 0 Å². The summed E-state index contributed by atoms with van der Waals surface area (Å²) in [7, 11) is 3.06. The predicted molar refractivity (Wildman–Crippen MR) is 69.8 cm³/mol.